The molecule has 0 spiro atoms. The lowest BCUT2D eigenvalue weighted by molar-refractivity contribution is -0.145. The molecule has 1 saturated heterocycles. The Morgan fingerprint density at radius 1 is 1.06 bits per heavy atom. The average molecular weight is 741 g/mol. The quantitative estimate of drug-likeness (QED) is 0.211. The lowest BCUT2D eigenvalue weighted by atomic mass is 9.87. The molecule has 2 aromatic carbocycles. The van der Waals surface area contributed by atoms with Gasteiger partial charge in [0.05, 0.1) is 10.6 Å². The number of nitrogens with zero attached hydrogens (tertiary/aromatic N) is 3. The van der Waals surface area contributed by atoms with Crippen LogP contribution in [0.2, 0.25) is 0 Å². The number of likely N-dealkylation sites (tertiary alicyclic amines) is 1. The van der Waals surface area contributed by atoms with Crippen LogP contribution in [0.1, 0.15) is 77.9 Å². The summed E-state index contributed by atoms with van der Waals surface area (Å²) in [5, 5.41) is 10.7. The van der Waals surface area contributed by atoms with E-state index in [1.807, 2.05) is 38.1 Å². The van der Waals surface area contributed by atoms with Crippen molar-refractivity contribution < 1.29 is 27.5 Å². The van der Waals surface area contributed by atoms with E-state index in [9.17, 15) is 27.5 Å². The third-order valence-corrected chi connectivity index (χ3v) is 10.7. The lowest BCUT2D eigenvalue weighted by Crippen LogP contribution is -2.47. The van der Waals surface area contributed by atoms with E-state index < -0.39 is 23.8 Å². The molecular formula is C34H44Cl3F4N3O2S. The van der Waals surface area contributed by atoms with Crippen molar-refractivity contribution in [3.8, 4) is 0 Å². The van der Waals surface area contributed by atoms with Gasteiger partial charge in [0.25, 0.3) is 0 Å². The molecule has 1 N–H and O–H groups in total. The molecular weight excluding hydrogens is 697 g/mol. The molecule has 1 aromatic heterocycles. The summed E-state index contributed by atoms with van der Waals surface area (Å²) in [6, 6.07) is 11.8. The summed E-state index contributed by atoms with van der Waals surface area (Å²) in [4.78, 5) is 22.3. The highest BCUT2D eigenvalue weighted by molar-refractivity contribution is 7.11. The minimum absolute atomic E-state index is 0. The van der Waals surface area contributed by atoms with Crippen LogP contribution in [0.3, 0.4) is 0 Å². The first-order valence-corrected chi connectivity index (χ1v) is 16.2. The van der Waals surface area contributed by atoms with Gasteiger partial charge in [-0.2, -0.15) is 13.2 Å². The highest BCUT2D eigenvalue weighted by Crippen LogP contribution is 2.44. The van der Waals surface area contributed by atoms with Gasteiger partial charge in [0.2, 0.25) is 0 Å². The van der Waals surface area contributed by atoms with Gasteiger partial charge in [0, 0.05) is 30.1 Å². The number of benzene rings is 2. The molecule has 5 rings (SSSR count). The first-order valence-electron chi connectivity index (χ1n) is 15.4. The van der Waals surface area contributed by atoms with Gasteiger partial charge in [0.1, 0.15) is 11.9 Å². The Bertz CT molecular complexity index is 1440. The highest BCUT2D eigenvalue weighted by Gasteiger charge is 2.42. The minimum Gasteiger partial charge on any atom is -0.480 e. The number of piperidine rings is 1. The Labute approximate surface area is 297 Å². The molecule has 0 amide bonds. The van der Waals surface area contributed by atoms with Crippen molar-refractivity contribution in [1.82, 2.24) is 14.8 Å². The van der Waals surface area contributed by atoms with Crippen molar-refractivity contribution in [2.24, 2.45) is 11.8 Å². The molecule has 0 bridgehead atoms. The molecule has 262 valence electrons. The van der Waals surface area contributed by atoms with Gasteiger partial charge in [-0.3, -0.25) is 9.69 Å². The molecule has 13 heteroatoms. The number of aromatic nitrogens is 1. The van der Waals surface area contributed by atoms with Gasteiger partial charge >= 0.3 is 12.1 Å². The Hall–Kier alpha value is -1.95. The van der Waals surface area contributed by atoms with Crippen LogP contribution in [0.5, 0.6) is 0 Å². The molecule has 47 heavy (non-hydrogen) atoms. The van der Waals surface area contributed by atoms with Crippen LogP contribution in [0.25, 0.3) is 0 Å². The monoisotopic (exact) mass is 739 g/mol. The Morgan fingerprint density at radius 3 is 2.36 bits per heavy atom. The van der Waals surface area contributed by atoms with Gasteiger partial charge < -0.3 is 10.0 Å². The number of rotatable bonds is 10. The number of carboxylic acids is 1. The Kier molecular flexibility index (Phi) is 15.5. The first-order chi connectivity index (χ1) is 20.9. The zero-order valence-corrected chi connectivity index (χ0v) is 29.9. The SMILES string of the molecule is CC(C)[C@H](C(=O)O)N(C)C1CC(CN2CCC(c3cnc(Cc4cccc(C(F)(F)F)c4)s3)CC2)C(c2cccc(F)c2)C1.Cl.Cl.Cl. The Morgan fingerprint density at radius 2 is 1.74 bits per heavy atom. The standard InChI is InChI=1S/C34H41F4N3O2S.3ClH/c1-21(2)32(33(42)43)40(3)28-17-25(29(18-28)24-7-5-9-27(35)16-24)20-41-12-10-23(11-13-41)30-19-39-31(44-30)15-22-6-4-8-26(14-22)34(36,37)38;;;/h4-9,14,16,19,21,23,25,28-29,32H,10-13,15,17-18,20H2,1-3H3,(H,42,43);3*1H/t25?,28?,29?,32-;;;/m1.../s1. The van der Waals surface area contributed by atoms with Crippen molar-refractivity contribution in [1.29, 1.82) is 0 Å². The number of alkyl halides is 3. The molecule has 2 aliphatic rings. The van der Waals surface area contributed by atoms with E-state index in [1.54, 1.807) is 29.5 Å². The summed E-state index contributed by atoms with van der Waals surface area (Å²) in [7, 11) is 1.91. The van der Waals surface area contributed by atoms with Crippen LogP contribution in [-0.2, 0) is 17.4 Å². The molecule has 3 unspecified atom stereocenters. The van der Waals surface area contributed by atoms with Crippen molar-refractivity contribution in [2.45, 2.75) is 76.0 Å². The summed E-state index contributed by atoms with van der Waals surface area (Å²) in [5.74, 6) is -0.288. The number of aliphatic carboxylic acids is 1. The number of thiazole rings is 1. The smallest absolute Gasteiger partial charge is 0.416 e. The van der Waals surface area contributed by atoms with Gasteiger partial charge in [-0.15, -0.1) is 48.6 Å². The molecule has 5 nitrogen and oxygen atoms in total. The summed E-state index contributed by atoms with van der Waals surface area (Å²) in [5.41, 5.74) is 0.947. The second-order valence-corrected chi connectivity index (χ2v) is 14.0. The zero-order chi connectivity index (χ0) is 31.6. The third-order valence-electron chi connectivity index (χ3n) is 9.51. The molecule has 0 radical (unpaired) electrons. The molecule has 2 fully saturated rings. The number of likely N-dealkylation sites (N-methyl/N-ethyl adjacent to an activating group) is 1. The predicted molar refractivity (Wildman–Crippen MR) is 186 cm³/mol. The van der Waals surface area contributed by atoms with E-state index in [2.05, 4.69) is 9.88 Å². The van der Waals surface area contributed by atoms with Crippen molar-refractivity contribution in [3.63, 3.8) is 0 Å². The maximum Gasteiger partial charge on any atom is 0.416 e. The molecule has 4 atom stereocenters. The van der Waals surface area contributed by atoms with E-state index in [1.165, 1.54) is 23.1 Å². The molecule has 1 aliphatic heterocycles. The molecule has 2 heterocycles. The van der Waals surface area contributed by atoms with E-state index in [-0.39, 0.29) is 66.8 Å². The maximum atomic E-state index is 14.2. The van der Waals surface area contributed by atoms with Crippen LogP contribution in [0.15, 0.2) is 54.7 Å². The molecule has 1 saturated carbocycles. The average Bonchev–Trinajstić information content (AvgIpc) is 3.60. The van der Waals surface area contributed by atoms with Crippen LogP contribution >= 0.6 is 48.6 Å². The number of hydrogen-bond acceptors (Lipinski definition) is 5. The van der Waals surface area contributed by atoms with Gasteiger partial charge in [0.15, 0.2) is 0 Å². The second-order valence-electron chi connectivity index (χ2n) is 12.8. The summed E-state index contributed by atoms with van der Waals surface area (Å²) in [6.07, 6.45) is 1.51. The van der Waals surface area contributed by atoms with Gasteiger partial charge in [-0.1, -0.05) is 44.2 Å². The number of halogens is 7. The summed E-state index contributed by atoms with van der Waals surface area (Å²) >= 11 is 1.59. The van der Waals surface area contributed by atoms with E-state index in [4.69, 9.17) is 0 Å². The zero-order valence-electron chi connectivity index (χ0n) is 26.7. The van der Waals surface area contributed by atoms with Crippen LogP contribution < -0.4 is 0 Å². The third kappa shape index (κ3) is 10.3. The fraction of sp³-hybridized carbons (Fsp3) is 0.529. The van der Waals surface area contributed by atoms with E-state index >= 15 is 0 Å². The lowest BCUT2D eigenvalue weighted by Gasteiger charge is -2.35. The maximum absolute atomic E-state index is 14.2. The first kappa shape index (κ1) is 41.2. The van der Waals surface area contributed by atoms with Gasteiger partial charge in [-0.05, 0) is 98.8 Å². The van der Waals surface area contributed by atoms with Crippen LogP contribution in [-0.4, -0.2) is 64.6 Å². The topological polar surface area (TPSA) is 56.7 Å². The van der Waals surface area contributed by atoms with Crippen LogP contribution in [0, 0.1) is 17.7 Å². The fourth-order valence-electron chi connectivity index (χ4n) is 7.29. The predicted octanol–water partition coefficient (Wildman–Crippen LogP) is 8.94. The largest absolute Gasteiger partial charge is 0.480 e. The van der Waals surface area contributed by atoms with Crippen molar-refractivity contribution in [2.75, 3.05) is 26.7 Å². The van der Waals surface area contributed by atoms with Gasteiger partial charge in [-0.25, -0.2) is 9.37 Å². The minimum atomic E-state index is -4.36. The molecule has 1 aliphatic carbocycles. The summed E-state index contributed by atoms with van der Waals surface area (Å²) in [6.45, 7) is 6.59. The van der Waals surface area contributed by atoms with Crippen LogP contribution in [0.4, 0.5) is 17.6 Å². The van der Waals surface area contributed by atoms with E-state index in [0.29, 0.717) is 17.9 Å². The number of hydrogen-bond donors (Lipinski definition) is 1. The Balaban J connectivity index is 0.00000256. The number of carboxylic acid groups (broad SMARTS) is 1. The summed E-state index contributed by atoms with van der Waals surface area (Å²) < 4.78 is 53.6. The fourth-order valence-corrected chi connectivity index (χ4v) is 8.41. The molecule has 3 aromatic rings. The van der Waals surface area contributed by atoms with Crippen molar-refractivity contribution >= 4 is 54.5 Å². The normalized spacial score (nSPS) is 21.2. The van der Waals surface area contributed by atoms with Crippen molar-refractivity contribution in [3.05, 3.63) is 87.1 Å². The highest BCUT2D eigenvalue weighted by atomic mass is 35.5. The van der Waals surface area contributed by atoms with E-state index in [0.717, 1.165) is 62.0 Å². The number of carbonyl (C=O) groups is 1. The second kappa shape index (κ2) is 17.6.